The van der Waals surface area contributed by atoms with E-state index in [2.05, 4.69) is 27.0 Å². The number of nitrogens with one attached hydrogen (secondary N) is 1. The van der Waals surface area contributed by atoms with Gasteiger partial charge < -0.3 is 14.6 Å². The van der Waals surface area contributed by atoms with E-state index in [0.717, 1.165) is 42.8 Å². The van der Waals surface area contributed by atoms with Gasteiger partial charge in [0.1, 0.15) is 5.56 Å². The Kier molecular flexibility index (Phi) is 7.12. The van der Waals surface area contributed by atoms with Gasteiger partial charge in [-0.2, -0.15) is 0 Å². The maximum absolute atomic E-state index is 13.2. The predicted molar refractivity (Wildman–Crippen MR) is 124 cm³/mol. The van der Waals surface area contributed by atoms with E-state index < -0.39 is 0 Å². The highest BCUT2D eigenvalue weighted by Crippen LogP contribution is 2.19. The summed E-state index contributed by atoms with van der Waals surface area (Å²) < 4.78 is 7.97. The molecule has 32 heavy (non-hydrogen) atoms. The first kappa shape index (κ1) is 22.0. The molecule has 1 saturated heterocycles. The SMILES string of the molecule is Cc1cc(=O)c(C(=O)NCc2cccnc2)c(CCc2ccccc2)n1CC1CCCO1. The molecule has 0 saturated carbocycles. The van der Waals surface area contributed by atoms with Crippen molar-refractivity contribution in [1.29, 1.82) is 0 Å². The number of amides is 1. The molecule has 1 fully saturated rings. The van der Waals surface area contributed by atoms with Crippen molar-refractivity contribution in [3.8, 4) is 0 Å². The summed E-state index contributed by atoms with van der Waals surface area (Å²) in [6.07, 6.45) is 6.89. The van der Waals surface area contributed by atoms with Gasteiger partial charge in [0, 0.05) is 49.5 Å². The lowest BCUT2D eigenvalue weighted by Gasteiger charge is -2.22. The van der Waals surface area contributed by atoms with Crippen LogP contribution in [0, 0.1) is 6.92 Å². The molecule has 3 heterocycles. The Bertz CT molecular complexity index is 1100. The molecule has 6 heteroatoms. The van der Waals surface area contributed by atoms with Crippen molar-refractivity contribution in [1.82, 2.24) is 14.9 Å². The molecule has 2 aromatic heterocycles. The number of ether oxygens (including phenoxy) is 1. The molecule has 0 spiro atoms. The maximum atomic E-state index is 13.2. The first-order valence-corrected chi connectivity index (χ1v) is 11.2. The van der Waals surface area contributed by atoms with Gasteiger partial charge in [-0.25, -0.2) is 0 Å². The van der Waals surface area contributed by atoms with E-state index in [-0.39, 0.29) is 23.0 Å². The van der Waals surface area contributed by atoms with Crippen molar-refractivity contribution >= 4 is 5.91 Å². The van der Waals surface area contributed by atoms with Gasteiger partial charge in [0.15, 0.2) is 5.43 Å². The number of hydrogen-bond donors (Lipinski definition) is 1. The number of rotatable bonds is 8. The number of aromatic nitrogens is 2. The summed E-state index contributed by atoms with van der Waals surface area (Å²) in [7, 11) is 0. The quantitative estimate of drug-likeness (QED) is 0.593. The molecule has 1 amide bonds. The molecular weight excluding hydrogens is 402 g/mol. The van der Waals surface area contributed by atoms with Crippen molar-refractivity contribution in [3.63, 3.8) is 0 Å². The topological polar surface area (TPSA) is 73.2 Å². The molecule has 1 aromatic carbocycles. The van der Waals surface area contributed by atoms with Crippen LogP contribution in [0.4, 0.5) is 0 Å². The number of carbonyl (C=O) groups excluding carboxylic acids is 1. The molecule has 6 nitrogen and oxygen atoms in total. The molecular formula is C26H29N3O3. The van der Waals surface area contributed by atoms with E-state index in [4.69, 9.17) is 4.74 Å². The summed E-state index contributed by atoms with van der Waals surface area (Å²) in [6.45, 7) is 3.67. The van der Waals surface area contributed by atoms with Gasteiger partial charge in [-0.15, -0.1) is 0 Å². The minimum absolute atomic E-state index is 0.109. The van der Waals surface area contributed by atoms with E-state index in [1.807, 2.05) is 37.3 Å². The summed E-state index contributed by atoms with van der Waals surface area (Å²) in [5, 5.41) is 2.91. The number of benzene rings is 1. The highest BCUT2D eigenvalue weighted by atomic mass is 16.5. The fraction of sp³-hybridized carbons (Fsp3) is 0.346. The zero-order chi connectivity index (χ0) is 22.3. The second kappa shape index (κ2) is 10.4. The van der Waals surface area contributed by atoms with Gasteiger partial charge in [-0.1, -0.05) is 36.4 Å². The van der Waals surface area contributed by atoms with Crippen LogP contribution >= 0.6 is 0 Å². The lowest BCUT2D eigenvalue weighted by Crippen LogP contribution is -2.34. The van der Waals surface area contributed by atoms with E-state index >= 15 is 0 Å². The van der Waals surface area contributed by atoms with Crippen molar-refractivity contribution in [2.24, 2.45) is 0 Å². The van der Waals surface area contributed by atoms with Crippen LogP contribution in [0.5, 0.6) is 0 Å². The van der Waals surface area contributed by atoms with E-state index in [0.29, 0.717) is 19.5 Å². The minimum atomic E-state index is -0.344. The summed E-state index contributed by atoms with van der Waals surface area (Å²) in [5.41, 5.74) is 3.69. The molecule has 0 bridgehead atoms. The largest absolute Gasteiger partial charge is 0.376 e. The monoisotopic (exact) mass is 431 g/mol. The van der Waals surface area contributed by atoms with Gasteiger partial charge in [-0.3, -0.25) is 14.6 Å². The summed E-state index contributed by atoms with van der Waals surface area (Å²) in [5.74, 6) is -0.344. The Labute approximate surface area is 188 Å². The highest BCUT2D eigenvalue weighted by molar-refractivity contribution is 5.95. The van der Waals surface area contributed by atoms with E-state index in [1.54, 1.807) is 18.5 Å². The van der Waals surface area contributed by atoms with Gasteiger partial charge >= 0.3 is 0 Å². The zero-order valence-electron chi connectivity index (χ0n) is 18.4. The highest BCUT2D eigenvalue weighted by Gasteiger charge is 2.23. The lowest BCUT2D eigenvalue weighted by atomic mass is 10.0. The lowest BCUT2D eigenvalue weighted by molar-refractivity contribution is 0.0925. The molecule has 1 N–H and O–H groups in total. The van der Waals surface area contributed by atoms with Crippen LogP contribution in [0.1, 0.15) is 45.7 Å². The molecule has 0 radical (unpaired) electrons. The number of nitrogens with zero attached hydrogens (tertiary/aromatic N) is 2. The Morgan fingerprint density at radius 1 is 1.16 bits per heavy atom. The van der Waals surface area contributed by atoms with Crippen LogP contribution < -0.4 is 10.7 Å². The standard InChI is InChI=1S/C26H29N3O3/c1-19-15-24(30)25(26(31)28-17-21-9-5-13-27-16-21)23(12-11-20-7-3-2-4-8-20)29(19)18-22-10-6-14-32-22/h2-5,7-9,13,15-16,22H,6,10-12,14,17-18H2,1H3,(H,28,31). The summed E-state index contributed by atoms with van der Waals surface area (Å²) in [6, 6.07) is 15.4. The Morgan fingerprint density at radius 3 is 2.69 bits per heavy atom. The predicted octanol–water partition coefficient (Wildman–Crippen LogP) is 3.45. The second-order valence-electron chi connectivity index (χ2n) is 8.25. The molecule has 1 aliphatic rings. The van der Waals surface area contributed by atoms with Gasteiger partial charge in [0.05, 0.1) is 6.10 Å². The number of pyridine rings is 2. The molecule has 1 unspecified atom stereocenters. The van der Waals surface area contributed by atoms with Crippen LogP contribution in [0.15, 0.2) is 65.7 Å². The zero-order valence-corrected chi connectivity index (χ0v) is 18.4. The van der Waals surface area contributed by atoms with Crippen LogP contribution in [0.3, 0.4) is 0 Å². The van der Waals surface area contributed by atoms with Gasteiger partial charge in [-0.05, 0) is 49.8 Å². The molecule has 0 aliphatic carbocycles. The molecule has 3 aromatic rings. The summed E-state index contributed by atoms with van der Waals surface area (Å²) in [4.78, 5) is 30.3. The summed E-state index contributed by atoms with van der Waals surface area (Å²) >= 11 is 0. The van der Waals surface area contributed by atoms with Crippen LogP contribution in [0.2, 0.25) is 0 Å². The number of carbonyl (C=O) groups is 1. The Balaban J connectivity index is 1.65. The third kappa shape index (κ3) is 5.32. The van der Waals surface area contributed by atoms with Crippen molar-refractivity contribution in [3.05, 3.63) is 99.2 Å². The normalized spacial score (nSPS) is 15.6. The Hall–Kier alpha value is -3.25. The second-order valence-corrected chi connectivity index (χ2v) is 8.25. The average molecular weight is 432 g/mol. The van der Waals surface area contributed by atoms with Gasteiger partial charge in [0.2, 0.25) is 0 Å². The fourth-order valence-electron chi connectivity index (χ4n) is 4.26. The smallest absolute Gasteiger partial charge is 0.257 e. The van der Waals surface area contributed by atoms with Crippen molar-refractivity contribution in [2.45, 2.75) is 51.8 Å². The van der Waals surface area contributed by atoms with Crippen LogP contribution in [-0.2, 0) is 30.7 Å². The minimum Gasteiger partial charge on any atom is -0.376 e. The van der Waals surface area contributed by atoms with Gasteiger partial charge in [0.25, 0.3) is 5.91 Å². The van der Waals surface area contributed by atoms with Crippen molar-refractivity contribution in [2.75, 3.05) is 6.61 Å². The van der Waals surface area contributed by atoms with Crippen LogP contribution in [0.25, 0.3) is 0 Å². The van der Waals surface area contributed by atoms with Crippen molar-refractivity contribution < 1.29 is 9.53 Å². The van der Waals surface area contributed by atoms with E-state index in [1.165, 1.54) is 5.56 Å². The fourth-order valence-corrected chi connectivity index (χ4v) is 4.26. The third-order valence-electron chi connectivity index (χ3n) is 5.93. The average Bonchev–Trinajstić information content (AvgIpc) is 3.33. The molecule has 1 atom stereocenters. The first-order chi connectivity index (χ1) is 15.6. The number of hydrogen-bond acceptors (Lipinski definition) is 4. The third-order valence-corrected chi connectivity index (χ3v) is 5.93. The maximum Gasteiger partial charge on any atom is 0.257 e. The van der Waals surface area contributed by atoms with E-state index in [9.17, 15) is 9.59 Å². The number of aryl methyl sites for hydroxylation is 2. The molecule has 1 aliphatic heterocycles. The first-order valence-electron chi connectivity index (χ1n) is 11.2. The van der Waals surface area contributed by atoms with Crippen LogP contribution in [-0.4, -0.2) is 28.2 Å². The molecule has 4 rings (SSSR count). The molecule has 166 valence electrons. The Morgan fingerprint density at radius 2 is 1.97 bits per heavy atom.